The standard InChI is InChI=1S/C23H27ClN6OS.C14H10BrClN4S.C14H17ClN2S.C10H9ClN2S.C4H5BrN2.2C4H5N2.6C4H9.2Sn/c1-15-22(25)23(14-31-15)7-10-30(11-8-23)19-12-27-20(13-26-19)32-18-5-3-4-16(21(18)24)17-6-9-29(2)28-17;1-20-6-5-10(19-20)9-3-2-4-11(14(9)16)21-13-8-17-12(15)7-18-13;1-14(2,3)18-12-7-5-6-10(13(12)15)11-8-9-17(4)16-11;1-13-6-5-8(12-13)7-3-2-4-9(14)10(7)11;1-7-3-2-4(5)6-7;2*1-6-4-2-3-5-6;6*1-3-4-2;;/h3-6,9,12-13,15,22H,7-8,10-11,14,25H2,1-2H3;2-8H,1H3;5-9H,1-4H3;2-6,14H,1H3;2-3H,1H3;2*2,4H,1H3;6*1,3-4H2,2H3;;/t15-,22+;;;;;;;;;;;;;;/m0............../s1. The third-order valence-corrected chi connectivity index (χ3v) is 59.7. The molecule has 13 aromatic rings. The Morgan fingerprint density at radius 1 is 0.431 bits per heavy atom. The van der Waals surface area contributed by atoms with Crippen molar-refractivity contribution in [2.24, 2.45) is 60.5 Å². The minimum Gasteiger partial charge on any atom is -0.376 e. The zero-order valence-electron chi connectivity index (χ0n) is 78.7. The summed E-state index contributed by atoms with van der Waals surface area (Å²) in [6.45, 7) is 25.2. The molecule has 11 heterocycles. The molecule has 2 aliphatic rings. The summed E-state index contributed by atoms with van der Waals surface area (Å²) in [4.78, 5) is 23.8. The molecule has 4 aromatic carbocycles. The molecule has 9 aromatic heterocycles. The molecule has 0 bridgehead atoms. The van der Waals surface area contributed by atoms with E-state index >= 15 is 0 Å². The summed E-state index contributed by atoms with van der Waals surface area (Å²) in [7, 11) is 13.6. The van der Waals surface area contributed by atoms with Gasteiger partial charge in [0.05, 0.1) is 80.4 Å². The van der Waals surface area contributed by atoms with Gasteiger partial charge in [-0.05, 0) is 106 Å². The summed E-state index contributed by atoms with van der Waals surface area (Å²) in [6.07, 6.45) is 39.6. The van der Waals surface area contributed by atoms with E-state index in [1.165, 1.54) is 127 Å². The van der Waals surface area contributed by atoms with Crippen LogP contribution in [0.5, 0.6) is 0 Å². The SMILES string of the molecule is CCC[CH2][Sn]([CH2]CCC)([CH2]CCC)[c]1ccn(C)n1.CCC[CH2][Sn]([CH2]CCC)([CH2]CCC)[c]1ccn(C)n1.C[C@@H]1OCC2(CCN(c3cnc(Sc4cccc(-c5ccn(C)n5)c4Cl)cn3)CC2)[C@@H]1N.Cn1ccc(-c2cccc(S)c2Cl)n1.Cn1ccc(-c2cccc(SC(C)(C)C)c2Cl)n1.Cn1ccc(-c2cccc(Sc3cnc(Br)cn3)c2Cl)n1.Cn1ccc(Br)n1. The van der Waals surface area contributed by atoms with Gasteiger partial charge in [-0.3, -0.25) is 23.4 Å². The molecule has 2 N–H and O–H groups in total. The molecule has 130 heavy (non-hydrogen) atoms. The molecule has 2 fully saturated rings. The number of anilines is 1. The van der Waals surface area contributed by atoms with Crippen LogP contribution >= 0.6 is 126 Å². The Bertz CT molecular complexity index is 5430. The largest absolute Gasteiger partial charge is 0.376 e. The molecule has 0 unspecified atom stereocenters. The Morgan fingerprint density at radius 3 is 1.08 bits per heavy atom. The van der Waals surface area contributed by atoms with Crippen molar-refractivity contribution in [2.45, 2.75) is 232 Å². The number of thioether (sulfide) groups is 1. The van der Waals surface area contributed by atoms with Gasteiger partial charge in [-0.25, -0.2) is 19.9 Å². The summed E-state index contributed by atoms with van der Waals surface area (Å²) in [5, 5.41) is 35.6. The summed E-state index contributed by atoms with van der Waals surface area (Å²) in [6, 6.07) is 38.1. The first-order valence-electron chi connectivity index (χ1n) is 45.2. The van der Waals surface area contributed by atoms with Crippen LogP contribution in [-0.4, -0.2) is 162 Å². The molecule has 2 atom stereocenters. The number of rotatable bonds is 30. The van der Waals surface area contributed by atoms with Gasteiger partial charge in [0.1, 0.15) is 25.1 Å². The Hall–Kier alpha value is -5.65. The molecule has 33 heteroatoms. The number of aromatic nitrogens is 18. The van der Waals surface area contributed by atoms with E-state index in [-0.39, 0.29) is 22.3 Å². The summed E-state index contributed by atoms with van der Waals surface area (Å²) >= 11 is 36.9. The minimum atomic E-state index is -2.21. The van der Waals surface area contributed by atoms with Crippen molar-refractivity contribution >= 4 is 176 Å². The predicted octanol–water partition coefficient (Wildman–Crippen LogP) is 26.3. The number of halogens is 6. The van der Waals surface area contributed by atoms with Crippen molar-refractivity contribution in [3.05, 3.63) is 213 Å². The van der Waals surface area contributed by atoms with Crippen molar-refractivity contribution < 1.29 is 4.74 Å². The summed E-state index contributed by atoms with van der Waals surface area (Å²) in [5.41, 5.74) is 13.8. The van der Waals surface area contributed by atoms with Crippen LogP contribution in [0.25, 0.3) is 45.0 Å². The van der Waals surface area contributed by atoms with Crippen LogP contribution in [0.1, 0.15) is 159 Å². The molecule has 0 amide bonds. The number of benzene rings is 4. The average Bonchev–Trinajstić information content (AvgIpc) is 1.66. The molecule has 0 saturated carbocycles. The third-order valence-electron chi connectivity index (χ3n) is 23.1. The minimum absolute atomic E-state index is 0.106. The fourth-order valence-electron chi connectivity index (χ4n) is 15.8. The molecule has 21 nitrogen and oxygen atoms in total. The van der Waals surface area contributed by atoms with Crippen LogP contribution in [0.4, 0.5) is 5.82 Å². The van der Waals surface area contributed by atoms with E-state index in [2.05, 4.69) is 209 Å². The van der Waals surface area contributed by atoms with Gasteiger partial charge in [0.15, 0.2) is 0 Å². The van der Waals surface area contributed by atoms with Gasteiger partial charge in [0.2, 0.25) is 0 Å². The topological polar surface area (TPSA) is 215 Å². The van der Waals surface area contributed by atoms with E-state index in [9.17, 15) is 0 Å². The number of unbranched alkanes of at least 4 members (excludes halogenated alkanes) is 6. The monoisotopic (exact) mass is 2260 g/mol. The first kappa shape index (κ1) is 108. The smallest absolute Gasteiger partial charge is 0.147 e. The predicted molar refractivity (Wildman–Crippen MR) is 561 cm³/mol. The fourth-order valence-corrected chi connectivity index (χ4v) is 51.2. The fraction of sp³-hybridized carbons (Fsp3) is 0.454. The molecular weight excluding hydrogens is 2130 g/mol. The number of nitrogens with zero attached hydrogens (tertiary/aromatic N) is 19. The molecular formula is C97H132Br2Cl4N20OS4Sn2. The van der Waals surface area contributed by atoms with Crippen LogP contribution in [0.15, 0.2) is 222 Å². The third kappa shape index (κ3) is 32.3. The van der Waals surface area contributed by atoms with E-state index in [0.717, 1.165) is 123 Å². The van der Waals surface area contributed by atoms with E-state index in [0.29, 0.717) is 19.7 Å². The van der Waals surface area contributed by atoms with Crippen LogP contribution in [0.3, 0.4) is 0 Å². The van der Waals surface area contributed by atoms with Gasteiger partial charge in [-0.2, -0.15) is 25.5 Å². The molecule has 15 rings (SSSR count). The maximum Gasteiger partial charge on any atom is 0.147 e. The number of hydrogen-bond donors (Lipinski definition) is 2. The number of hydrogen-bond acceptors (Lipinski definition) is 18. The maximum absolute atomic E-state index is 6.69. The molecule has 2 aliphatic heterocycles. The molecule has 1 spiro atoms. The molecule has 700 valence electrons. The van der Waals surface area contributed by atoms with Crippen molar-refractivity contribution in [2.75, 3.05) is 24.6 Å². The first-order valence-corrected chi connectivity index (χ1v) is 66.2. The molecule has 0 aliphatic carbocycles. The summed E-state index contributed by atoms with van der Waals surface area (Å²) in [5.74, 6) is 0.901. The van der Waals surface area contributed by atoms with Gasteiger partial charge < -0.3 is 15.4 Å². The van der Waals surface area contributed by atoms with Gasteiger partial charge in [-0.1, -0.05) is 139 Å². The van der Waals surface area contributed by atoms with Gasteiger partial charge >= 0.3 is 248 Å². The quantitative estimate of drug-likeness (QED) is 0.0243. The molecule has 0 radical (unpaired) electrons. The molecule has 2 saturated heterocycles. The van der Waals surface area contributed by atoms with Crippen LogP contribution in [-0.2, 0) is 54.1 Å². The second kappa shape index (κ2) is 53.7. The van der Waals surface area contributed by atoms with Gasteiger partial charge in [0.25, 0.3) is 0 Å². The van der Waals surface area contributed by atoms with Crippen molar-refractivity contribution in [3.8, 4) is 45.0 Å². The van der Waals surface area contributed by atoms with Crippen LogP contribution in [0.2, 0.25) is 46.7 Å². The van der Waals surface area contributed by atoms with E-state index in [4.69, 9.17) is 67.1 Å². The van der Waals surface area contributed by atoms with Gasteiger partial charge in [-0.15, -0.1) is 24.4 Å². The van der Waals surface area contributed by atoms with Crippen molar-refractivity contribution in [1.29, 1.82) is 0 Å². The second-order valence-corrected chi connectivity index (χ2v) is 68.1. The summed E-state index contributed by atoms with van der Waals surface area (Å²) < 4.78 is 32.6. The average molecular weight is 2260 g/mol. The van der Waals surface area contributed by atoms with Crippen molar-refractivity contribution in [3.63, 3.8) is 0 Å². The normalized spacial score (nSPS) is 14.1. The number of ether oxygens (including phenoxy) is 1. The van der Waals surface area contributed by atoms with Crippen molar-refractivity contribution in [1.82, 2.24) is 88.4 Å². The van der Waals surface area contributed by atoms with E-state index < -0.39 is 36.8 Å². The second-order valence-electron chi connectivity index (χ2n) is 34.4. The Balaban J connectivity index is 0.000000176. The van der Waals surface area contributed by atoms with Crippen LogP contribution < -0.4 is 18.1 Å². The maximum atomic E-state index is 6.69. The van der Waals surface area contributed by atoms with Crippen LogP contribution in [0, 0.1) is 5.41 Å². The Labute approximate surface area is 835 Å². The Kier molecular flexibility index (Phi) is 44.7. The number of piperidine rings is 1. The zero-order chi connectivity index (χ0) is 94.1. The zero-order valence-corrected chi connectivity index (χ0v) is 93.9. The first-order chi connectivity index (χ1) is 62.3. The number of thiol groups is 1. The number of aryl methyl sites for hydroxylation is 7. The van der Waals surface area contributed by atoms with Gasteiger partial charge in [0, 0.05) is 137 Å². The Morgan fingerprint density at radius 2 is 0.777 bits per heavy atom. The number of nitrogens with two attached hydrogens (primary N) is 1. The van der Waals surface area contributed by atoms with E-state index in [1.54, 1.807) is 55.0 Å². The van der Waals surface area contributed by atoms with E-state index in [1.807, 2.05) is 185 Å².